The van der Waals surface area contributed by atoms with Gasteiger partial charge in [-0.25, -0.2) is 0 Å². The van der Waals surface area contributed by atoms with Gasteiger partial charge in [-0.2, -0.15) is 0 Å². The fraction of sp³-hybridized carbons (Fsp3) is 0.500. The summed E-state index contributed by atoms with van der Waals surface area (Å²) in [5.41, 5.74) is 0. The second-order valence-electron chi connectivity index (χ2n) is 3.69. The van der Waals surface area contributed by atoms with Gasteiger partial charge in [0.2, 0.25) is 0 Å². The summed E-state index contributed by atoms with van der Waals surface area (Å²) in [6.45, 7) is 3.29. The fourth-order valence-corrected chi connectivity index (χ4v) is 4.09. The number of rotatable bonds is 3. The number of hydrogen-bond donors (Lipinski definition) is 0. The zero-order valence-electron chi connectivity index (χ0n) is 8.48. The van der Waals surface area contributed by atoms with Gasteiger partial charge >= 0.3 is 91.8 Å². The van der Waals surface area contributed by atoms with Crippen molar-refractivity contribution in [1.82, 2.24) is 0 Å². The summed E-state index contributed by atoms with van der Waals surface area (Å²) in [5, 5.41) is 0. The molecular formula is C12H16OSe. The van der Waals surface area contributed by atoms with Crippen molar-refractivity contribution in [2.45, 2.75) is 30.7 Å². The second kappa shape index (κ2) is 4.97. The van der Waals surface area contributed by atoms with Gasteiger partial charge in [0.1, 0.15) is 0 Å². The van der Waals surface area contributed by atoms with Crippen molar-refractivity contribution in [3.8, 4) is 0 Å². The van der Waals surface area contributed by atoms with E-state index in [1.54, 1.807) is 0 Å². The van der Waals surface area contributed by atoms with E-state index in [4.69, 9.17) is 4.74 Å². The molecule has 0 unspecified atom stereocenters. The van der Waals surface area contributed by atoms with Crippen LogP contribution in [0.4, 0.5) is 0 Å². The van der Waals surface area contributed by atoms with Crippen molar-refractivity contribution in [2.75, 3.05) is 6.61 Å². The van der Waals surface area contributed by atoms with Crippen LogP contribution >= 0.6 is 0 Å². The van der Waals surface area contributed by atoms with Crippen molar-refractivity contribution < 1.29 is 4.74 Å². The van der Waals surface area contributed by atoms with Crippen molar-refractivity contribution in [1.29, 1.82) is 0 Å². The Balaban J connectivity index is 1.90. The van der Waals surface area contributed by atoms with Gasteiger partial charge in [-0.1, -0.05) is 0 Å². The van der Waals surface area contributed by atoms with Gasteiger partial charge in [0.05, 0.1) is 0 Å². The Morgan fingerprint density at radius 2 is 2.14 bits per heavy atom. The van der Waals surface area contributed by atoms with Crippen LogP contribution in [-0.4, -0.2) is 27.7 Å². The van der Waals surface area contributed by atoms with Crippen LogP contribution < -0.4 is 4.46 Å². The van der Waals surface area contributed by atoms with Crippen LogP contribution in [0.25, 0.3) is 0 Å². The van der Waals surface area contributed by atoms with Gasteiger partial charge in [0, 0.05) is 0 Å². The molecule has 0 amide bonds. The molecule has 1 heterocycles. The monoisotopic (exact) mass is 256 g/mol. The number of hydrogen-bond acceptors (Lipinski definition) is 1. The van der Waals surface area contributed by atoms with E-state index in [2.05, 4.69) is 37.3 Å². The Morgan fingerprint density at radius 1 is 1.36 bits per heavy atom. The van der Waals surface area contributed by atoms with E-state index >= 15 is 0 Å². The van der Waals surface area contributed by atoms with Crippen LogP contribution in [-0.2, 0) is 4.74 Å². The van der Waals surface area contributed by atoms with Gasteiger partial charge in [0.15, 0.2) is 0 Å². The molecule has 0 bridgehead atoms. The van der Waals surface area contributed by atoms with Crippen LogP contribution in [0.3, 0.4) is 0 Å². The summed E-state index contributed by atoms with van der Waals surface area (Å²) in [4.78, 5) is 0.715. The first kappa shape index (κ1) is 10.2. The van der Waals surface area contributed by atoms with Crippen LogP contribution in [0.5, 0.6) is 0 Å². The number of benzene rings is 1. The first-order valence-electron chi connectivity index (χ1n) is 5.19. The normalized spacial score (nSPS) is 23.6. The van der Waals surface area contributed by atoms with Gasteiger partial charge in [-0.3, -0.25) is 0 Å². The van der Waals surface area contributed by atoms with E-state index in [1.165, 1.54) is 17.3 Å². The van der Waals surface area contributed by atoms with Crippen molar-refractivity contribution in [3.05, 3.63) is 30.3 Å². The molecule has 2 heteroatoms. The molecule has 2 atom stereocenters. The minimum absolute atomic E-state index is 0.523. The van der Waals surface area contributed by atoms with Gasteiger partial charge in [0.25, 0.3) is 0 Å². The fourth-order valence-electron chi connectivity index (χ4n) is 1.76. The molecule has 0 radical (unpaired) electrons. The molecule has 1 aromatic rings. The molecule has 2 rings (SSSR count). The van der Waals surface area contributed by atoms with E-state index < -0.39 is 0 Å². The van der Waals surface area contributed by atoms with Crippen molar-refractivity contribution >= 4 is 19.4 Å². The summed E-state index contributed by atoms with van der Waals surface area (Å²) in [6, 6.07) is 10.8. The molecule has 0 saturated carbocycles. The van der Waals surface area contributed by atoms with Crippen molar-refractivity contribution in [2.24, 2.45) is 0 Å². The third-order valence-electron chi connectivity index (χ3n) is 2.55. The molecule has 1 fully saturated rings. The van der Waals surface area contributed by atoms with E-state index in [-0.39, 0.29) is 0 Å². The minimum atomic E-state index is 0.523. The summed E-state index contributed by atoms with van der Waals surface area (Å²) in [7, 11) is 0. The Bertz CT molecular complexity index is 267. The van der Waals surface area contributed by atoms with Crippen LogP contribution in [0.1, 0.15) is 19.8 Å². The van der Waals surface area contributed by atoms with Crippen LogP contribution in [0.2, 0.25) is 4.82 Å². The molecule has 76 valence electrons. The average molecular weight is 255 g/mol. The summed E-state index contributed by atoms with van der Waals surface area (Å²) in [6.07, 6.45) is 3.03. The standard InChI is InChI=1S/C12H16OSe/c1-10(12-8-5-9-13-12)14-11-6-3-2-4-7-11/h2-4,6-7,10,12H,5,8-9H2,1H3/t10-,12-/m0/s1. The molecule has 1 aliphatic rings. The van der Waals surface area contributed by atoms with E-state index in [0.717, 1.165) is 6.61 Å². The molecule has 1 saturated heterocycles. The molecule has 1 aromatic carbocycles. The molecule has 14 heavy (non-hydrogen) atoms. The summed E-state index contributed by atoms with van der Waals surface area (Å²) >= 11 is 0.566. The molecule has 0 aromatic heterocycles. The van der Waals surface area contributed by atoms with Gasteiger partial charge < -0.3 is 0 Å². The predicted molar refractivity (Wildman–Crippen MR) is 60.2 cm³/mol. The Hall–Kier alpha value is -0.301. The predicted octanol–water partition coefficient (Wildman–Crippen LogP) is 2.00. The molecule has 1 aliphatic heterocycles. The van der Waals surface area contributed by atoms with Crippen LogP contribution in [0, 0.1) is 0 Å². The summed E-state index contributed by atoms with van der Waals surface area (Å²) in [5.74, 6) is 0. The maximum absolute atomic E-state index is 5.70. The van der Waals surface area contributed by atoms with Crippen molar-refractivity contribution in [3.63, 3.8) is 0 Å². The molecular weight excluding hydrogens is 239 g/mol. The van der Waals surface area contributed by atoms with Gasteiger partial charge in [-0.05, 0) is 0 Å². The molecule has 0 aliphatic carbocycles. The zero-order valence-corrected chi connectivity index (χ0v) is 10.2. The van der Waals surface area contributed by atoms with Crippen LogP contribution in [0.15, 0.2) is 30.3 Å². The Morgan fingerprint density at radius 3 is 2.79 bits per heavy atom. The molecule has 1 nitrogen and oxygen atoms in total. The third-order valence-corrected chi connectivity index (χ3v) is 5.11. The van der Waals surface area contributed by atoms with E-state index in [0.29, 0.717) is 25.9 Å². The topological polar surface area (TPSA) is 9.23 Å². The molecule has 0 N–H and O–H groups in total. The summed E-state index contributed by atoms with van der Waals surface area (Å²) < 4.78 is 7.19. The Labute approximate surface area is 92.0 Å². The first-order valence-corrected chi connectivity index (χ1v) is 7.04. The SMILES string of the molecule is C[C@H]([Se]c1ccccc1)[C@@H]1CCCO1. The quantitative estimate of drug-likeness (QED) is 0.751. The first-order chi connectivity index (χ1) is 6.86. The number of ether oxygens (including phenoxy) is 1. The van der Waals surface area contributed by atoms with Gasteiger partial charge in [-0.15, -0.1) is 0 Å². The van der Waals surface area contributed by atoms with E-state index in [1.807, 2.05) is 0 Å². The third kappa shape index (κ3) is 2.60. The zero-order chi connectivity index (χ0) is 9.80. The Kier molecular flexibility index (Phi) is 3.63. The average Bonchev–Trinajstić information content (AvgIpc) is 2.72. The van der Waals surface area contributed by atoms with E-state index in [9.17, 15) is 0 Å². The maximum atomic E-state index is 5.70. The molecule has 0 spiro atoms. The second-order valence-corrected chi connectivity index (χ2v) is 6.73.